The van der Waals surface area contributed by atoms with Crippen molar-refractivity contribution in [2.24, 2.45) is 0 Å². The number of pyridine rings is 1. The van der Waals surface area contributed by atoms with E-state index in [-0.39, 0.29) is 11.7 Å². The summed E-state index contributed by atoms with van der Waals surface area (Å²) in [5.41, 5.74) is 3.04. The Kier molecular flexibility index (Phi) is 5.93. The zero-order chi connectivity index (χ0) is 22.7. The normalized spacial score (nSPS) is 11.0. The van der Waals surface area contributed by atoms with Gasteiger partial charge in [-0.15, -0.1) is 0 Å². The average Bonchev–Trinajstić information content (AvgIpc) is 3.21. The number of rotatable bonds is 7. The second-order valence-electron chi connectivity index (χ2n) is 7.15. The van der Waals surface area contributed by atoms with Gasteiger partial charge in [0.05, 0.1) is 11.4 Å². The van der Waals surface area contributed by atoms with Gasteiger partial charge in [-0.05, 0) is 36.4 Å². The Bertz CT molecular complexity index is 1260. The van der Waals surface area contributed by atoms with Crippen LogP contribution in [-0.4, -0.2) is 57.9 Å². The van der Waals surface area contributed by atoms with Crippen LogP contribution in [0.2, 0.25) is 0 Å². The Hall–Kier alpha value is -4.08. The highest BCUT2D eigenvalue weighted by atomic mass is 19.3. The molecule has 0 aliphatic rings. The summed E-state index contributed by atoms with van der Waals surface area (Å²) in [6.45, 7) is -0.691. The summed E-state index contributed by atoms with van der Waals surface area (Å²) in [6.07, 6.45) is 0.482. The quantitative estimate of drug-likeness (QED) is 0.451. The number of amides is 1. The maximum Gasteiger partial charge on any atom is 0.272 e. The predicted octanol–water partition coefficient (Wildman–Crippen LogP) is 4.11. The van der Waals surface area contributed by atoms with E-state index in [0.717, 1.165) is 16.6 Å². The molecule has 0 saturated carbocycles. The standard InChI is InChI=1S/C22H20F2N6O2/c1-30(2)21(31)19-10-13-9-14(3-4-16(13)28-19)27-22-26-8-6-17(29-22)18-11-15(5-7-25-18)32-12-20(23)24/h3-11,20,28H,12H2,1-2H3,(H,26,27,29). The Morgan fingerprint density at radius 2 is 1.91 bits per heavy atom. The predicted molar refractivity (Wildman–Crippen MR) is 116 cm³/mol. The fraction of sp³-hybridized carbons (Fsp3) is 0.182. The number of anilines is 2. The fourth-order valence-electron chi connectivity index (χ4n) is 3.06. The topological polar surface area (TPSA) is 96.0 Å². The average molecular weight is 438 g/mol. The number of halogens is 2. The monoisotopic (exact) mass is 438 g/mol. The van der Waals surface area contributed by atoms with Crippen LogP contribution in [0.3, 0.4) is 0 Å². The van der Waals surface area contributed by atoms with Gasteiger partial charge < -0.3 is 19.9 Å². The highest BCUT2D eigenvalue weighted by Gasteiger charge is 2.12. The van der Waals surface area contributed by atoms with Crippen molar-refractivity contribution < 1.29 is 18.3 Å². The largest absolute Gasteiger partial charge is 0.488 e. The van der Waals surface area contributed by atoms with Crippen molar-refractivity contribution in [3.63, 3.8) is 0 Å². The van der Waals surface area contributed by atoms with Gasteiger partial charge in [0.25, 0.3) is 12.3 Å². The van der Waals surface area contributed by atoms with Crippen molar-refractivity contribution in [1.82, 2.24) is 24.8 Å². The van der Waals surface area contributed by atoms with E-state index < -0.39 is 13.0 Å². The maximum absolute atomic E-state index is 12.4. The lowest BCUT2D eigenvalue weighted by atomic mass is 10.2. The smallest absolute Gasteiger partial charge is 0.272 e. The number of aromatic nitrogens is 4. The highest BCUT2D eigenvalue weighted by Crippen LogP contribution is 2.24. The van der Waals surface area contributed by atoms with E-state index >= 15 is 0 Å². The van der Waals surface area contributed by atoms with Gasteiger partial charge in [0.2, 0.25) is 5.95 Å². The third-order valence-corrected chi connectivity index (χ3v) is 4.54. The second-order valence-corrected chi connectivity index (χ2v) is 7.15. The lowest BCUT2D eigenvalue weighted by Crippen LogP contribution is -2.21. The highest BCUT2D eigenvalue weighted by molar-refractivity contribution is 5.98. The molecule has 0 aliphatic heterocycles. The SMILES string of the molecule is CN(C)C(=O)c1cc2cc(Nc3nccc(-c4cc(OCC(F)F)ccn4)n3)ccc2[nH]1. The molecule has 2 N–H and O–H groups in total. The number of H-pyrrole nitrogens is 1. The summed E-state index contributed by atoms with van der Waals surface area (Å²) in [7, 11) is 3.39. The summed E-state index contributed by atoms with van der Waals surface area (Å²) in [5.74, 6) is 0.506. The Morgan fingerprint density at radius 3 is 2.69 bits per heavy atom. The number of ether oxygens (including phenoxy) is 1. The molecule has 3 heterocycles. The van der Waals surface area contributed by atoms with Crippen LogP contribution in [0.25, 0.3) is 22.3 Å². The van der Waals surface area contributed by atoms with Crippen LogP contribution in [0.4, 0.5) is 20.4 Å². The van der Waals surface area contributed by atoms with Crippen molar-refractivity contribution in [2.45, 2.75) is 6.43 Å². The first-order valence-electron chi connectivity index (χ1n) is 9.71. The molecule has 0 radical (unpaired) electrons. The number of aromatic amines is 1. The third-order valence-electron chi connectivity index (χ3n) is 4.54. The number of hydrogen-bond donors (Lipinski definition) is 2. The van der Waals surface area contributed by atoms with Gasteiger partial charge in [-0.2, -0.15) is 0 Å². The van der Waals surface area contributed by atoms with Gasteiger partial charge in [-0.1, -0.05) is 0 Å². The molecule has 0 unspecified atom stereocenters. The number of carbonyl (C=O) groups excluding carboxylic acids is 1. The number of benzene rings is 1. The van der Waals surface area contributed by atoms with E-state index in [0.29, 0.717) is 23.0 Å². The molecule has 10 heteroatoms. The van der Waals surface area contributed by atoms with E-state index in [1.54, 1.807) is 38.5 Å². The van der Waals surface area contributed by atoms with Gasteiger partial charge in [0, 0.05) is 49.1 Å². The summed E-state index contributed by atoms with van der Waals surface area (Å²) in [6, 6.07) is 12.1. The summed E-state index contributed by atoms with van der Waals surface area (Å²) < 4.78 is 29.8. The second kappa shape index (κ2) is 8.96. The third kappa shape index (κ3) is 4.80. The molecule has 164 valence electrons. The number of hydrogen-bond acceptors (Lipinski definition) is 6. The summed E-state index contributed by atoms with van der Waals surface area (Å²) in [5, 5.41) is 4.00. The molecular weight excluding hydrogens is 418 g/mol. The van der Waals surface area contributed by atoms with Crippen LogP contribution in [-0.2, 0) is 0 Å². The number of carbonyl (C=O) groups is 1. The van der Waals surface area contributed by atoms with Gasteiger partial charge >= 0.3 is 0 Å². The van der Waals surface area contributed by atoms with Gasteiger partial charge in [0.15, 0.2) is 0 Å². The molecule has 8 nitrogen and oxygen atoms in total. The minimum Gasteiger partial charge on any atom is -0.488 e. The van der Waals surface area contributed by atoms with Crippen molar-refractivity contribution in [1.29, 1.82) is 0 Å². The van der Waals surface area contributed by atoms with Gasteiger partial charge in [-0.3, -0.25) is 9.78 Å². The van der Waals surface area contributed by atoms with Crippen LogP contribution in [0.15, 0.2) is 54.9 Å². The molecule has 0 bridgehead atoms. The molecule has 1 amide bonds. The minimum absolute atomic E-state index is 0.112. The molecule has 3 aromatic heterocycles. The van der Waals surface area contributed by atoms with Crippen LogP contribution in [0, 0.1) is 0 Å². The summed E-state index contributed by atoms with van der Waals surface area (Å²) >= 11 is 0. The van der Waals surface area contributed by atoms with Crippen molar-refractivity contribution >= 4 is 28.4 Å². The molecule has 0 atom stereocenters. The molecule has 4 rings (SSSR count). The van der Waals surface area contributed by atoms with E-state index in [9.17, 15) is 13.6 Å². The molecule has 4 aromatic rings. The Labute approximate surface area is 182 Å². The first-order valence-corrected chi connectivity index (χ1v) is 9.71. The molecule has 0 fully saturated rings. The number of alkyl halides is 2. The van der Waals surface area contributed by atoms with Gasteiger partial charge in [0.1, 0.15) is 18.1 Å². The molecule has 32 heavy (non-hydrogen) atoms. The lowest BCUT2D eigenvalue weighted by Gasteiger charge is -2.08. The van der Waals surface area contributed by atoms with Crippen LogP contribution >= 0.6 is 0 Å². The number of fused-ring (bicyclic) bond motifs is 1. The minimum atomic E-state index is -2.56. The molecule has 0 aliphatic carbocycles. The van der Waals surface area contributed by atoms with Crippen molar-refractivity contribution in [3.05, 3.63) is 60.6 Å². The fourth-order valence-corrected chi connectivity index (χ4v) is 3.06. The van der Waals surface area contributed by atoms with E-state index in [4.69, 9.17) is 4.74 Å². The van der Waals surface area contributed by atoms with Gasteiger partial charge in [-0.25, -0.2) is 18.7 Å². The molecule has 0 spiro atoms. The Balaban J connectivity index is 1.55. The first-order chi connectivity index (χ1) is 15.4. The molecule has 1 aromatic carbocycles. The zero-order valence-corrected chi connectivity index (χ0v) is 17.3. The lowest BCUT2D eigenvalue weighted by molar-refractivity contribution is 0.0816. The molecular formula is C22H20F2N6O2. The van der Waals surface area contributed by atoms with E-state index in [2.05, 4.69) is 25.3 Å². The molecule has 0 saturated heterocycles. The van der Waals surface area contributed by atoms with Crippen molar-refractivity contribution in [3.8, 4) is 17.1 Å². The Morgan fingerprint density at radius 1 is 1.09 bits per heavy atom. The van der Waals surface area contributed by atoms with Crippen LogP contribution in [0.5, 0.6) is 5.75 Å². The van der Waals surface area contributed by atoms with Crippen LogP contribution in [0.1, 0.15) is 10.5 Å². The van der Waals surface area contributed by atoms with Crippen molar-refractivity contribution in [2.75, 3.05) is 26.0 Å². The maximum atomic E-state index is 12.4. The zero-order valence-electron chi connectivity index (χ0n) is 17.3. The first kappa shape index (κ1) is 21.2. The van der Waals surface area contributed by atoms with Crippen LogP contribution < -0.4 is 10.1 Å². The van der Waals surface area contributed by atoms with E-state index in [1.807, 2.05) is 18.2 Å². The number of nitrogens with zero attached hydrogens (tertiary/aromatic N) is 4. The number of nitrogens with one attached hydrogen (secondary N) is 2. The summed E-state index contributed by atoms with van der Waals surface area (Å²) in [4.78, 5) is 29.7. The van der Waals surface area contributed by atoms with E-state index in [1.165, 1.54) is 17.2 Å².